The number of nitrogens with zero attached hydrogens (tertiary/aromatic N) is 2. The third-order valence-electron chi connectivity index (χ3n) is 4.28. The van der Waals surface area contributed by atoms with Crippen molar-refractivity contribution in [3.05, 3.63) is 54.0 Å². The lowest BCUT2D eigenvalue weighted by Gasteiger charge is -2.29. The molecule has 26 heavy (non-hydrogen) atoms. The van der Waals surface area contributed by atoms with E-state index in [2.05, 4.69) is 9.71 Å². The maximum Gasteiger partial charge on any atom is 0.243 e. The summed E-state index contributed by atoms with van der Waals surface area (Å²) in [6.45, 7) is 0. The Morgan fingerprint density at radius 2 is 1.88 bits per heavy atom. The van der Waals surface area contributed by atoms with Crippen LogP contribution in [0, 0.1) is 17.1 Å². The molecule has 1 aliphatic rings. The number of hydrogen-bond donors (Lipinski definition) is 1. The number of nitriles is 1. The lowest BCUT2D eigenvalue weighted by atomic mass is 9.94. The van der Waals surface area contributed by atoms with Gasteiger partial charge in [0.15, 0.2) is 0 Å². The van der Waals surface area contributed by atoms with Gasteiger partial charge in [-0.2, -0.15) is 5.26 Å². The maximum absolute atomic E-state index is 13.7. The number of rotatable bonds is 5. The third-order valence-corrected chi connectivity index (χ3v) is 5.83. The summed E-state index contributed by atoms with van der Waals surface area (Å²) in [5.74, 6) is -0.316. The van der Waals surface area contributed by atoms with E-state index >= 15 is 0 Å². The zero-order valence-corrected chi connectivity index (χ0v) is 14.7. The first kappa shape index (κ1) is 18.3. The van der Waals surface area contributed by atoms with E-state index in [1.807, 2.05) is 6.07 Å². The van der Waals surface area contributed by atoms with Crippen LogP contribution in [0.4, 0.5) is 4.39 Å². The highest BCUT2D eigenvalue weighted by atomic mass is 32.2. The molecule has 1 aliphatic carbocycles. The summed E-state index contributed by atoms with van der Waals surface area (Å²) in [7, 11) is -3.88. The van der Waals surface area contributed by atoms with Crippen molar-refractivity contribution in [1.29, 1.82) is 5.26 Å². The molecule has 0 bridgehead atoms. The molecular weight excluding hydrogens is 357 g/mol. The van der Waals surface area contributed by atoms with Crippen molar-refractivity contribution in [1.82, 2.24) is 9.71 Å². The molecule has 0 radical (unpaired) electrons. The van der Waals surface area contributed by atoms with Crippen molar-refractivity contribution in [3.8, 4) is 11.9 Å². The molecule has 6 nitrogen and oxygen atoms in total. The van der Waals surface area contributed by atoms with Gasteiger partial charge in [-0.3, -0.25) is 0 Å². The van der Waals surface area contributed by atoms with Crippen LogP contribution in [0.15, 0.2) is 47.5 Å². The van der Waals surface area contributed by atoms with Crippen molar-refractivity contribution in [2.75, 3.05) is 0 Å². The molecule has 0 atom stereocenters. The predicted octanol–water partition coefficient (Wildman–Crippen LogP) is 2.76. The summed E-state index contributed by atoms with van der Waals surface area (Å²) in [5, 5.41) is 8.76. The van der Waals surface area contributed by atoms with Crippen LogP contribution in [0.5, 0.6) is 5.88 Å². The van der Waals surface area contributed by atoms with E-state index in [1.165, 1.54) is 24.4 Å². The first-order valence-corrected chi connectivity index (χ1v) is 9.76. The van der Waals surface area contributed by atoms with Gasteiger partial charge >= 0.3 is 0 Å². The number of benzene rings is 1. The first-order valence-electron chi connectivity index (χ1n) is 8.27. The molecule has 1 aromatic heterocycles. The van der Waals surface area contributed by atoms with Gasteiger partial charge in [-0.05, 0) is 43.9 Å². The SMILES string of the molecule is N#Cc1ccc(OC2CCC(NS(=O)(=O)c3ccccc3F)CC2)nc1. The minimum Gasteiger partial charge on any atom is -0.474 e. The molecule has 1 fully saturated rings. The molecule has 0 unspecified atom stereocenters. The number of halogens is 1. The third kappa shape index (κ3) is 4.36. The van der Waals surface area contributed by atoms with Crippen LogP contribution >= 0.6 is 0 Å². The molecule has 136 valence electrons. The Morgan fingerprint density at radius 3 is 2.50 bits per heavy atom. The second kappa shape index (κ2) is 7.81. The number of nitrogens with one attached hydrogen (secondary N) is 1. The predicted molar refractivity (Wildman–Crippen MR) is 92.3 cm³/mol. The average molecular weight is 375 g/mol. The summed E-state index contributed by atoms with van der Waals surface area (Å²) in [6.07, 6.45) is 3.88. The summed E-state index contributed by atoms with van der Waals surface area (Å²) in [6, 6.07) is 10.3. The van der Waals surface area contributed by atoms with E-state index in [4.69, 9.17) is 10.00 Å². The molecule has 1 aromatic carbocycles. The number of ether oxygens (including phenoxy) is 1. The first-order chi connectivity index (χ1) is 12.5. The Balaban J connectivity index is 1.55. The van der Waals surface area contributed by atoms with Gasteiger partial charge in [-0.1, -0.05) is 12.1 Å². The highest BCUT2D eigenvalue weighted by Gasteiger charge is 2.28. The van der Waals surface area contributed by atoms with Crippen molar-refractivity contribution >= 4 is 10.0 Å². The Labute approximate surface area is 151 Å². The van der Waals surface area contributed by atoms with Crippen molar-refractivity contribution in [3.63, 3.8) is 0 Å². The molecule has 3 rings (SSSR count). The maximum atomic E-state index is 13.7. The Morgan fingerprint density at radius 1 is 1.15 bits per heavy atom. The Bertz CT molecular complexity index is 902. The molecule has 8 heteroatoms. The fraction of sp³-hybridized carbons (Fsp3) is 0.333. The van der Waals surface area contributed by atoms with Gasteiger partial charge in [-0.25, -0.2) is 22.5 Å². The zero-order chi connectivity index (χ0) is 18.6. The van der Waals surface area contributed by atoms with E-state index in [1.54, 1.807) is 12.1 Å². The molecule has 1 saturated carbocycles. The van der Waals surface area contributed by atoms with Crippen LogP contribution in [0.2, 0.25) is 0 Å². The fourth-order valence-corrected chi connectivity index (χ4v) is 4.31. The minimum atomic E-state index is -3.88. The molecule has 0 saturated heterocycles. The van der Waals surface area contributed by atoms with Crippen LogP contribution in [-0.2, 0) is 10.0 Å². The van der Waals surface area contributed by atoms with Crippen LogP contribution in [0.1, 0.15) is 31.2 Å². The summed E-state index contributed by atoms with van der Waals surface area (Å²) >= 11 is 0. The van der Waals surface area contributed by atoms with Crippen LogP contribution in [-0.4, -0.2) is 25.5 Å². The van der Waals surface area contributed by atoms with Crippen molar-refractivity contribution in [2.24, 2.45) is 0 Å². The van der Waals surface area contributed by atoms with Crippen LogP contribution in [0.25, 0.3) is 0 Å². The second-order valence-corrected chi connectivity index (χ2v) is 7.82. The summed E-state index contributed by atoms with van der Waals surface area (Å²) < 4.78 is 46.8. The minimum absolute atomic E-state index is 0.0651. The van der Waals surface area contributed by atoms with E-state index < -0.39 is 15.8 Å². The molecule has 1 N–H and O–H groups in total. The quantitative estimate of drug-likeness (QED) is 0.867. The summed E-state index contributed by atoms with van der Waals surface area (Å²) in [4.78, 5) is 3.74. The standard InChI is InChI=1S/C18H18FN3O3S/c19-16-3-1-2-4-17(16)26(23,24)22-14-6-8-15(9-7-14)25-18-10-5-13(11-20)12-21-18/h1-5,10,12,14-15,22H,6-9H2. The number of pyridine rings is 1. The number of sulfonamides is 1. The van der Waals surface area contributed by atoms with E-state index in [0.29, 0.717) is 37.1 Å². The number of aromatic nitrogens is 1. The van der Waals surface area contributed by atoms with Crippen molar-refractivity contribution < 1.29 is 17.5 Å². The lowest BCUT2D eigenvalue weighted by Crippen LogP contribution is -2.40. The normalized spacial score (nSPS) is 20.3. The van der Waals surface area contributed by atoms with Gasteiger partial charge in [0.2, 0.25) is 15.9 Å². The molecular formula is C18H18FN3O3S. The molecule has 2 aromatic rings. The highest BCUT2D eigenvalue weighted by molar-refractivity contribution is 7.89. The van der Waals surface area contributed by atoms with E-state index in [0.717, 1.165) is 6.07 Å². The lowest BCUT2D eigenvalue weighted by molar-refractivity contribution is 0.138. The molecule has 0 spiro atoms. The van der Waals surface area contributed by atoms with Gasteiger partial charge < -0.3 is 4.74 Å². The van der Waals surface area contributed by atoms with Gasteiger partial charge in [0, 0.05) is 18.3 Å². The van der Waals surface area contributed by atoms with Gasteiger partial charge in [-0.15, -0.1) is 0 Å². The zero-order valence-electron chi connectivity index (χ0n) is 13.9. The van der Waals surface area contributed by atoms with Gasteiger partial charge in [0.05, 0.1) is 5.56 Å². The van der Waals surface area contributed by atoms with E-state index in [-0.39, 0.29) is 17.0 Å². The second-order valence-electron chi connectivity index (χ2n) is 6.14. The Kier molecular flexibility index (Phi) is 5.49. The van der Waals surface area contributed by atoms with Crippen molar-refractivity contribution in [2.45, 2.75) is 42.7 Å². The topological polar surface area (TPSA) is 92.1 Å². The summed E-state index contributed by atoms with van der Waals surface area (Å²) in [5.41, 5.74) is 0.462. The van der Waals surface area contributed by atoms with Gasteiger partial charge in [0.25, 0.3) is 0 Å². The largest absolute Gasteiger partial charge is 0.474 e. The van der Waals surface area contributed by atoms with E-state index in [9.17, 15) is 12.8 Å². The van der Waals surface area contributed by atoms with Gasteiger partial charge in [0.1, 0.15) is 22.9 Å². The average Bonchev–Trinajstić information content (AvgIpc) is 2.64. The Hall–Kier alpha value is -2.50. The van der Waals surface area contributed by atoms with Crippen LogP contribution < -0.4 is 9.46 Å². The highest BCUT2D eigenvalue weighted by Crippen LogP contribution is 2.24. The molecule has 0 amide bonds. The smallest absolute Gasteiger partial charge is 0.243 e. The molecule has 0 aliphatic heterocycles. The molecule has 1 heterocycles. The fourth-order valence-electron chi connectivity index (χ4n) is 2.93. The monoisotopic (exact) mass is 375 g/mol. The van der Waals surface area contributed by atoms with Crippen LogP contribution in [0.3, 0.4) is 0 Å². The number of hydrogen-bond acceptors (Lipinski definition) is 5.